The molecule has 0 aromatic rings. The SMILES string of the molecule is CCCC/C=C\C/C=C\CCCCCCCC(=O)NC(CO)C(O)CCCCCCCCCC. The van der Waals surface area contributed by atoms with Crippen molar-refractivity contribution in [2.24, 2.45) is 0 Å². The predicted molar refractivity (Wildman–Crippen MR) is 147 cm³/mol. The number of rotatable bonds is 25. The number of aliphatic hydroxyl groups is 2. The molecule has 0 aliphatic rings. The minimum atomic E-state index is -0.658. The van der Waals surface area contributed by atoms with Crippen LogP contribution in [0, 0.1) is 0 Å². The molecular formula is C30H57NO3. The van der Waals surface area contributed by atoms with Crippen molar-refractivity contribution in [1.82, 2.24) is 5.32 Å². The van der Waals surface area contributed by atoms with Crippen LogP contribution in [0.25, 0.3) is 0 Å². The van der Waals surface area contributed by atoms with Gasteiger partial charge in [0.2, 0.25) is 5.91 Å². The van der Waals surface area contributed by atoms with Gasteiger partial charge in [-0.1, -0.05) is 122 Å². The van der Waals surface area contributed by atoms with Crippen molar-refractivity contribution in [1.29, 1.82) is 0 Å². The number of hydrogen-bond donors (Lipinski definition) is 3. The van der Waals surface area contributed by atoms with Gasteiger partial charge in [0.25, 0.3) is 0 Å². The van der Waals surface area contributed by atoms with Gasteiger partial charge >= 0.3 is 0 Å². The molecule has 4 heteroatoms. The van der Waals surface area contributed by atoms with Crippen LogP contribution in [0.15, 0.2) is 24.3 Å². The Balaban J connectivity index is 3.66. The van der Waals surface area contributed by atoms with E-state index < -0.39 is 12.1 Å². The van der Waals surface area contributed by atoms with Gasteiger partial charge in [-0.15, -0.1) is 0 Å². The van der Waals surface area contributed by atoms with E-state index in [0.717, 1.165) is 44.9 Å². The fourth-order valence-corrected chi connectivity index (χ4v) is 4.14. The van der Waals surface area contributed by atoms with Gasteiger partial charge in [-0.25, -0.2) is 0 Å². The topological polar surface area (TPSA) is 69.6 Å². The first-order valence-electron chi connectivity index (χ1n) is 14.5. The molecule has 0 saturated heterocycles. The molecule has 2 unspecified atom stereocenters. The number of allylic oxidation sites excluding steroid dienone is 4. The summed E-state index contributed by atoms with van der Waals surface area (Å²) in [6.07, 6.45) is 30.7. The molecule has 0 fully saturated rings. The van der Waals surface area contributed by atoms with Crippen LogP contribution in [0.4, 0.5) is 0 Å². The van der Waals surface area contributed by atoms with Crippen molar-refractivity contribution in [2.75, 3.05) is 6.61 Å². The van der Waals surface area contributed by atoms with Crippen LogP contribution in [0.3, 0.4) is 0 Å². The highest BCUT2D eigenvalue weighted by Crippen LogP contribution is 2.13. The summed E-state index contributed by atoms with van der Waals surface area (Å²) < 4.78 is 0. The summed E-state index contributed by atoms with van der Waals surface area (Å²) in [4.78, 5) is 12.2. The van der Waals surface area contributed by atoms with E-state index in [1.54, 1.807) is 0 Å². The van der Waals surface area contributed by atoms with Crippen molar-refractivity contribution in [2.45, 2.75) is 154 Å². The number of nitrogens with one attached hydrogen (secondary N) is 1. The van der Waals surface area contributed by atoms with Crippen LogP contribution in [0.2, 0.25) is 0 Å². The Morgan fingerprint density at radius 1 is 0.706 bits per heavy atom. The lowest BCUT2D eigenvalue weighted by Gasteiger charge is -2.22. The van der Waals surface area contributed by atoms with Gasteiger partial charge in [-0.3, -0.25) is 4.79 Å². The van der Waals surface area contributed by atoms with Crippen LogP contribution in [-0.4, -0.2) is 34.9 Å². The van der Waals surface area contributed by atoms with E-state index in [-0.39, 0.29) is 12.5 Å². The molecule has 2 atom stereocenters. The highest BCUT2D eigenvalue weighted by Gasteiger charge is 2.19. The fourth-order valence-electron chi connectivity index (χ4n) is 4.14. The number of aliphatic hydroxyl groups excluding tert-OH is 2. The van der Waals surface area contributed by atoms with Crippen molar-refractivity contribution in [3.05, 3.63) is 24.3 Å². The summed E-state index contributed by atoms with van der Waals surface area (Å²) in [5.74, 6) is -0.0519. The molecule has 3 N–H and O–H groups in total. The third-order valence-corrected chi connectivity index (χ3v) is 6.47. The molecule has 0 bridgehead atoms. The molecule has 0 spiro atoms. The van der Waals surface area contributed by atoms with E-state index in [9.17, 15) is 15.0 Å². The molecule has 1 amide bonds. The van der Waals surface area contributed by atoms with Gasteiger partial charge < -0.3 is 15.5 Å². The Morgan fingerprint density at radius 3 is 1.85 bits per heavy atom. The molecule has 0 aliphatic heterocycles. The van der Waals surface area contributed by atoms with Gasteiger partial charge in [-0.2, -0.15) is 0 Å². The smallest absolute Gasteiger partial charge is 0.220 e. The highest BCUT2D eigenvalue weighted by molar-refractivity contribution is 5.76. The lowest BCUT2D eigenvalue weighted by Crippen LogP contribution is -2.45. The summed E-state index contributed by atoms with van der Waals surface area (Å²) in [6, 6.07) is -0.537. The average Bonchev–Trinajstić information content (AvgIpc) is 2.84. The summed E-state index contributed by atoms with van der Waals surface area (Å²) >= 11 is 0. The molecule has 0 saturated carbocycles. The minimum absolute atomic E-state index is 0.0519. The molecule has 200 valence electrons. The lowest BCUT2D eigenvalue weighted by atomic mass is 10.0. The Labute approximate surface area is 211 Å². The van der Waals surface area contributed by atoms with Crippen molar-refractivity contribution >= 4 is 5.91 Å². The maximum absolute atomic E-state index is 12.2. The first-order valence-corrected chi connectivity index (χ1v) is 14.5. The monoisotopic (exact) mass is 479 g/mol. The summed E-state index contributed by atoms with van der Waals surface area (Å²) in [7, 11) is 0. The van der Waals surface area contributed by atoms with Gasteiger partial charge in [0, 0.05) is 6.42 Å². The first kappa shape index (κ1) is 32.9. The van der Waals surface area contributed by atoms with Crippen LogP contribution in [0.5, 0.6) is 0 Å². The van der Waals surface area contributed by atoms with Crippen LogP contribution < -0.4 is 5.32 Å². The van der Waals surface area contributed by atoms with E-state index in [0.29, 0.717) is 12.8 Å². The van der Waals surface area contributed by atoms with Gasteiger partial charge in [0.15, 0.2) is 0 Å². The van der Waals surface area contributed by atoms with E-state index in [1.807, 2.05) is 0 Å². The fraction of sp³-hybridized carbons (Fsp3) is 0.833. The average molecular weight is 480 g/mol. The van der Waals surface area contributed by atoms with Crippen LogP contribution in [-0.2, 0) is 4.79 Å². The second kappa shape index (κ2) is 26.5. The molecule has 0 aromatic carbocycles. The Kier molecular flexibility index (Phi) is 25.6. The second-order valence-electron chi connectivity index (χ2n) is 9.81. The van der Waals surface area contributed by atoms with Crippen molar-refractivity contribution in [3.8, 4) is 0 Å². The zero-order valence-electron chi connectivity index (χ0n) is 22.6. The zero-order chi connectivity index (χ0) is 25.1. The molecule has 0 heterocycles. The molecule has 0 radical (unpaired) electrons. The highest BCUT2D eigenvalue weighted by atomic mass is 16.3. The summed E-state index contributed by atoms with van der Waals surface area (Å²) in [5, 5.41) is 22.8. The standard InChI is InChI=1S/C30H57NO3/c1-3-5-7-9-11-13-14-15-16-17-18-20-22-24-26-30(34)31-28(27-32)29(33)25-23-21-19-12-10-8-6-4-2/h9,11,14-15,28-29,32-33H,3-8,10,12-13,16-27H2,1-2H3,(H,31,34)/b11-9-,15-14-. The predicted octanol–water partition coefficient (Wildman–Crippen LogP) is 7.78. The minimum Gasteiger partial charge on any atom is -0.394 e. The zero-order valence-corrected chi connectivity index (χ0v) is 22.6. The Bertz CT molecular complexity index is 489. The van der Waals surface area contributed by atoms with Crippen LogP contribution >= 0.6 is 0 Å². The largest absolute Gasteiger partial charge is 0.394 e. The van der Waals surface area contributed by atoms with Gasteiger partial charge in [0.1, 0.15) is 0 Å². The molecule has 34 heavy (non-hydrogen) atoms. The quantitative estimate of drug-likeness (QED) is 0.0924. The lowest BCUT2D eigenvalue weighted by molar-refractivity contribution is -0.123. The van der Waals surface area contributed by atoms with Gasteiger partial charge in [0.05, 0.1) is 18.8 Å². The Morgan fingerprint density at radius 2 is 1.24 bits per heavy atom. The maximum atomic E-state index is 12.2. The third kappa shape index (κ3) is 22.7. The Hall–Kier alpha value is -1.13. The second-order valence-corrected chi connectivity index (χ2v) is 9.81. The first-order chi connectivity index (χ1) is 16.7. The maximum Gasteiger partial charge on any atom is 0.220 e. The van der Waals surface area contributed by atoms with E-state index in [2.05, 4.69) is 43.5 Å². The van der Waals surface area contributed by atoms with E-state index in [1.165, 1.54) is 70.6 Å². The van der Waals surface area contributed by atoms with Crippen molar-refractivity contribution < 1.29 is 15.0 Å². The number of carbonyl (C=O) groups is 1. The molecule has 0 aromatic heterocycles. The number of carbonyl (C=O) groups excluding carboxylic acids is 1. The normalized spacial score (nSPS) is 13.6. The number of hydrogen-bond acceptors (Lipinski definition) is 3. The van der Waals surface area contributed by atoms with Crippen LogP contribution in [0.1, 0.15) is 142 Å². The number of amides is 1. The number of unbranched alkanes of at least 4 members (excludes halogenated alkanes) is 14. The van der Waals surface area contributed by atoms with E-state index >= 15 is 0 Å². The summed E-state index contributed by atoms with van der Waals surface area (Å²) in [5.41, 5.74) is 0. The third-order valence-electron chi connectivity index (χ3n) is 6.47. The molecular weight excluding hydrogens is 422 g/mol. The van der Waals surface area contributed by atoms with Gasteiger partial charge in [-0.05, 0) is 38.5 Å². The molecule has 0 aliphatic carbocycles. The molecule has 4 nitrogen and oxygen atoms in total. The molecule has 0 rings (SSSR count). The van der Waals surface area contributed by atoms with E-state index in [4.69, 9.17) is 0 Å². The summed E-state index contributed by atoms with van der Waals surface area (Å²) in [6.45, 7) is 4.25. The van der Waals surface area contributed by atoms with Crippen molar-refractivity contribution in [3.63, 3.8) is 0 Å².